The van der Waals surface area contributed by atoms with Gasteiger partial charge in [0.25, 0.3) is 0 Å². The van der Waals surface area contributed by atoms with Crippen LogP contribution in [0, 0.1) is 0 Å². The fraction of sp³-hybridized carbons (Fsp3) is 0.273. The molecular weight excluding hydrogens is 277 g/mol. The Morgan fingerprint density at radius 2 is 2.27 bits per heavy atom. The number of rotatable bonds is 5. The van der Waals surface area contributed by atoms with Gasteiger partial charge in [0, 0.05) is 5.03 Å². The third-order valence-electron chi connectivity index (χ3n) is 1.84. The first-order chi connectivity index (χ1) is 7.15. The summed E-state index contributed by atoms with van der Waals surface area (Å²) >= 11 is 9.08. The molecule has 0 aliphatic carbocycles. The number of ether oxygens (including phenoxy) is 1. The van der Waals surface area contributed by atoms with Crippen LogP contribution in [0.25, 0.3) is 0 Å². The number of halogens is 2. The maximum atomic E-state index is 5.65. The van der Waals surface area contributed by atoms with Crippen LogP contribution in [0.1, 0.15) is 5.56 Å². The highest BCUT2D eigenvalue weighted by atomic mass is 79.9. The quantitative estimate of drug-likeness (QED) is 0.904. The topological polar surface area (TPSA) is 35.2 Å². The third-order valence-corrected chi connectivity index (χ3v) is 2.57. The molecule has 0 saturated heterocycles. The first-order valence-corrected chi connectivity index (χ1v) is 5.75. The highest BCUT2D eigenvalue weighted by Gasteiger charge is 2.07. The first kappa shape index (κ1) is 12.6. The fourth-order valence-electron chi connectivity index (χ4n) is 1.22. The molecule has 0 amide bonds. The maximum Gasteiger partial charge on any atom is 0.137 e. The van der Waals surface area contributed by atoms with Gasteiger partial charge in [0.05, 0.1) is 4.47 Å². The van der Waals surface area contributed by atoms with Crippen molar-refractivity contribution in [3.05, 3.63) is 39.8 Å². The Labute approximate surface area is 103 Å². The first-order valence-electron chi connectivity index (χ1n) is 4.58. The smallest absolute Gasteiger partial charge is 0.137 e. The van der Waals surface area contributed by atoms with Crippen molar-refractivity contribution >= 4 is 27.5 Å². The molecule has 4 heteroatoms. The second kappa shape index (κ2) is 6.16. The van der Waals surface area contributed by atoms with E-state index in [1.54, 1.807) is 0 Å². The van der Waals surface area contributed by atoms with Crippen molar-refractivity contribution in [1.29, 1.82) is 0 Å². The SMILES string of the molecule is C=C(Cl)COc1c(Br)cccc1CCN. The van der Waals surface area contributed by atoms with Crippen LogP contribution >= 0.6 is 27.5 Å². The Kier molecular flexibility index (Phi) is 5.15. The summed E-state index contributed by atoms with van der Waals surface area (Å²) in [5, 5.41) is 0.476. The summed E-state index contributed by atoms with van der Waals surface area (Å²) in [7, 11) is 0. The standard InChI is InChI=1S/C11H13BrClNO/c1-8(13)7-15-11-9(5-6-14)3-2-4-10(11)12/h2-4H,1,5-7,14H2. The van der Waals surface area contributed by atoms with Gasteiger partial charge in [-0.2, -0.15) is 0 Å². The van der Waals surface area contributed by atoms with Crippen LogP contribution in [0.5, 0.6) is 5.75 Å². The number of hydrogen-bond acceptors (Lipinski definition) is 2. The van der Waals surface area contributed by atoms with Crippen LogP contribution < -0.4 is 10.5 Å². The molecule has 0 heterocycles. The molecule has 0 aliphatic heterocycles. The number of nitrogens with two attached hydrogens (primary N) is 1. The zero-order valence-corrected chi connectivity index (χ0v) is 10.6. The largest absolute Gasteiger partial charge is 0.487 e. The summed E-state index contributed by atoms with van der Waals surface area (Å²) in [6.45, 7) is 4.48. The molecule has 15 heavy (non-hydrogen) atoms. The molecule has 0 bridgehead atoms. The molecule has 2 nitrogen and oxygen atoms in total. The van der Waals surface area contributed by atoms with Gasteiger partial charge in [-0.25, -0.2) is 0 Å². The summed E-state index contributed by atoms with van der Waals surface area (Å²) in [6.07, 6.45) is 0.781. The molecule has 0 atom stereocenters. The average molecular weight is 291 g/mol. The van der Waals surface area contributed by atoms with Crippen LogP contribution in [0.15, 0.2) is 34.3 Å². The zero-order chi connectivity index (χ0) is 11.3. The number of para-hydroxylation sites is 1. The predicted molar refractivity (Wildman–Crippen MR) is 67.4 cm³/mol. The highest BCUT2D eigenvalue weighted by Crippen LogP contribution is 2.29. The van der Waals surface area contributed by atoms with Gasteiger partial charge >= 0.3 is 0 Å². The summed E-state index contributed by atoms with van der Waals surface area (Å²) in [5.41, 5.74) is 6.59. The van der Waals surface area contributed by atoms with E-state index in [-0.39, 0.29) is 0 Å². The third kappa shape index (κ3) is 3.86. The van der Waals surface area contributed by atoms with E-state index < -0.39 is 0 Å². The molecule has 1 aromatic rings. The molecule has 2 N–H and O–H groups in total. The Morgan fingerprint density at radius 3 is 2.87 bits per heavy atom. The van der Waals surface area contributed by atoms with Crippen molar-refractivity contribution in [3.63, 3.8) is 0 Å². The second-order valence-electron chi connectivity index (χ2n) is 3.07. The molecule has 82 valence electrons. The lowest BCUT2D eigenvalue weighted by molar-refractivity contribution is 0.353. The van der Waals surface area contributed by atoms with Gasteiger partial charge in [-0.05, 0) is 40.5 Å². The molecule has 1 rings (SSSR count). The van der Waals surface area contributed by atoms with E-state index in [9.17, 15) is 0 Å². The van der Waals surface area contributed by atoms with Gasteiger partial charge < -0.3 is 10.5 Å². The molecule has 1 aromatic carbocycles. The van der Waals surface area contributed by atoms with Crippen LogP contribution in [0.3, 0.4) is 0 Å². The minimum Gasteiger partial charge on any atom is -0.487 e. The van der Waals surface area contributed by atoms with Crippen LogP contribution in [0.4, 0.5) is 0 Å². The van der Waals surface area contributed by atoms with E-state index in [4.69, 9.17) is 22.1 Å². The Morgan fingerprint density at radius 1 is 1.53 bits per heavy atom. The zero-order valence-electron chi connectivity index (χ0n) is 8.30. The van der Waals surface area contributed by atoms with Crippen LogP contribution in [0.2, 0.25) is 0 Å². The minimum absolute atomic E-state index is 0.307. The Bertz CT molecular complexity index is 354. The minimum atomic E-state index is 0.307. The van der Waals surface area contributed by atoms with Crippen molar-refractivity contribution in [2.24, 2.45) is 5.73 Å². The second-order valence-corrected chi connectivity index (χ2v) is 4.46. The molecular formula is C11H13BrClNO. The van der Waals surface area contributed by atoms with Gasteiger partial charge in [-0.3, -0.25) is 0 Å². The molecule has 0 spiro atoms. The van der Waals surface area contributed by atoms with Crippen molar-refractivity contribution in [2.45, 2.75) is 6.42 Å². The fourth-order valence-corrected chi connectivity index (χ4v) is 1.79. The lowest BCUT2D eigenvalue weighted by Gasteiger charge is -2.12. The molecule has 0 aliphatic rings. The Hall–Kier alpha value is -0.510. The number of hydrogen-bond donors (Lipinski definition) is 1. The van der Waals surface area contributed by atoms with Gasteiger partial charge in [-0.1, -0.05) is 30.3 Å². The normalized spacial score (nSPS) is 10.1. The maximum absolute atomic E-state index is 5.65. The van der Waals surface area contributed by atoms with E-state index >= 15 is 0 Å². The van der Waals surface area contributed by atoms with Crippen LogP contribution in [-0.2, 0) is 6.42 Å². The van der Waals surface area contributed by atoms with Gasteiger partial charge in [-0.15, -0.1) is 0 Å². The molecule has 0 aromatic heterocycles. The lowest BCUT2D eigenvalue weighted by Crippen LogP contribution is -2.06. The summed E-state index contributed by atoms with van der Waals surface area (Å²) < 4.78 is 6.46. The van der Waals surface area contributed by atoms with Crippen molar-refractivity contribution in [3.8, 4) is 5.75 Å². The monoisotopic (exact) mass is 289 g/mol. The van der Waals surface area contributed by atoms with E-state index in [2.05, 4.69) is 22.5 Å². The summed E-state index contributed by atoms with van der Waals surface area (Å²) in [4.78, 5) is 0. The van der Waals surface area contributed by atoms with Crippen molar-refractivity contribution in [2.75, 3.05) is 13.2 Å². The van der Waals surface area contributed by atoms with E-state index in [1.165, 1.54) is 0 Å². The molecule has 0 radical (unpaired) electrons. The number of benzene rings is 1. The van der Waals surface area contributed by atoms with E-state index in [0.29, 0.717) is 18.2 Å². The van der Waals surface area contributed by atoms with Crippen molar-refractivity contribution < 1.29 is 4.74 Å². The van der Waals surface area contributed by atoms with Gasteiger partial charge in [0.2, 0.25) is 0 Å². The average Bonchev–Trinajstić information content (AvgIpc) is 2.17. The summed E-state index contributed by atoms with van der Waals surface area (Å²) in [5.74, 6) is 0.796. The molecule has 0 fully saturated rings. The molecule has 0 saturated carbocycles. The van der Waals surface area contributed by atoms with Gasteiger partial charge in [0.1, 0.15) is 12.4 Å². The highest BCUT2D eigenvalue weighted by molar-refractivity contribution is 9.10. The summed E-state index contributed by atoms with van der Waals surface area (Å²) in [6, 6.07) is 5.87. The Balaban J connectivity index is 2.86. The van der Waals surface area contributed by atoms with Crippen molar-refractivity contribution in [1.82, 2.24) is 0 Å². The predicted octanol–water partition coefficient (Wildman–Crippen LogP) is 3.08. The van der Waals surface area contributed by atoms with E-state index in [1.807, 2.05) is 18.2 Å². The van der Waals surface area contributed by atoms with Gasteiger partial charge in [0.15, 0.2) is 0 Å². The lowest BCUT2D eigenvalue weighted by atomic mass is 10.1. The van der Waals surface area contributed by atoms with E-state index in [0.717, 1.165) is 22.2 Å². The van der Waals surface area contributed by atoms with Crippen LogP contribution in [-0.4, -0.2) is 13.2 Å². The molecule has 0 unspecified atom stereocenters.